The first-order chi connectivity index (χ1) is 6.25. The molecule has 0 radical (unpaired) electrons. The van der Waals surface area contributed by atoms with E-state index < -0.39 is 0 Å². The zero-order valence-corrected chi connectivity index (χ0v) is 9.40. The van der Waals surface area contributed by atoms with Gasteiger partial charge in [-0.3, -0.25) is 0 Å². The summed E-state index contributed by atoms with van der Waals surface area (Å²) >= 11 is 0.162. The molecule has 2 N–H and O–H groups in total. The van der Waals surface area contributed by atoms with Gasteiger partial charge in [0.1, 0.15) is 0 Å². The van der Waals surface area contributed by atoms with Gasteiger partial charge < -0.3 is 0 Å². The van der Waals surface area contributed by atoms with Crippen LogP contribution in [0.1, 0.15) is 11.4 Å². The van der Waals surface area contributed by atoms with Crippen LogP contribution < -0.4 is 8.45 Å². The van der Waals surface area contributed by atoms with Crippen molar-refractivity contribution in [2.24, 2.45) is 0 Å². The summed E-state index contributed by atoms with van der Waals surface area (Å²) in [5.74, 6) is 0. The number of H-pyrrole nitrogens is 2. The molecular weight excluding hydrogens is 249 g/mol. The van der Waals surface area contributed by atoms with E-state index >= 15 is 0 Å². The fraction of sp³-hybridized carbons (Fsp3) is 0.200. The number of hydrogen-bond acceptors (Lipinski definition) is 0. The van der Waals surface area contributed by atoms with Crippen LogP contribution in [0.3, 0.4) is 0 Å². The van der Waals surface area contributed by atoms with Crippen LogP contribution >= 0.6 is 0 Å². The van der Waals surface area contributed by atoms with E-state index in [0.717, 1.165) is 0 Å². The molecule has 0 aliphatic heterocycles. The Morgan fingerprint density at radius 2 is 2.15 bits per heavy atom. The third kappa shape index (κ3) is 1.92. The molecule has 2 aromatic rings. The van der Waals surface area contributed by atoms with E-state index in [-0.39, 0.29) is 17.1 Å². The molecule has 0 aliphatic rings. The summed E-state index contributed by atoms with van der Waals surface area (Å²) in [5.41, 5.74) is 2.57. The van der Waals surface area contributed by atoms with Gasteiger partial charge in [0.25, 0.3) is 0 Å². The second kappa shape index (κ2) is 3.51. The molecule has 2 nitrogen and oxygen atoms in total. The molecule has 0 spiro atoms. The quantitative estimate of drug-likeness (QED) is 0.756. The second-order valence-corrected chi connectivity index (χ2v) is 5.31. The Hall–Kier alpha value is -0.817. The molecule has 0 bridgehead atoms. The first-order valence-corrected chi connectivity index (χ1v) is 5.91. The molecular formula is C10H12N2Ru. The molecule has 0 amide bonds. The molecule has 0 unspecified atom stereocenters. The number of aryl methyl sites for hydroxylation is 2. The maximum absolute atomic E-state index is 3.33. The number of rotatable bonds is 2. The Labute approximate surface area is 85.4 Å². The van der Waals surface area contributed by atoms with Crippen LogP contribution in [0.4, 0.5) is 0 Å². The summed E-state index contributed by atoms with van der Waals surface area (Å²) in [6.07, 6.45) is 1.98. The van der Waals surface area contributed by atoms with E-state index in [9.17, 15) is 0 Å². The van der Waals surface area contributed by atoms with Crippen LogP contribution in [-0.2, 0) is 17.1 Å². The van der Waals surface area contributed by atoms with E-state index in [1.807, 2.05) is 6.20 Å². The molecule has 0 aromatic carbocycles. The first kappa shape index (κ1) is 8.77. The van der Waals surface area contributed by atoms with Crippen molar-refractivity contribution in [3.8, 4) is 0 Å². The summed E-state index contributed by atoms with van der Waals surface area (Å²) in [6.45, 7) is 4.24. The SMILES string of the molecule is Cc1c[c]([Ru][c]2ccc[nH]2)c(C)[nH]1. The fourth-order valence-electron chi connectivity index (χ4n) is 1.24. The van der Waals surface area contributed by atoms with E-state index in [1.54, 1.807) is 0 Å². The minimum atomic E-state index is 0.162. The monoisotopic (exact) mass is 262 g/mol. The number of aromatic nitrogens is 2. The number of hydrogen-bond donors (Lipinski definition) is 2. The van der Waals surface area contributed by atoms with Gasteiger partial charge in [0, 0.05) is 0 Å². The van der Waals surface area contributed by atoms with Crippen molar-refractivity contribution in [2.45, 2.75) is 13.8 Å². The Bertz CT molecular complexity index is 387. The standard InChI is InChI=1S/C6H8N.C4H4N.Ru/c1-5-3-4-6(2)7-5;1-2-4-5-3-1;/h3,7H,1-2H3;1-3,5H;. The van der Waals surface area contributed by atoms with Crippen LogP contribution in [0.15, 0.2) is 24.4 Å². The van der Waals surface area contributed by atoms with Crippen LogP contribution in [-0.4, -0.2) is 9.97 Å². The normalized spacial score (nSPS) is 10.9. The molecule has 2 aromatic heterocycles. The second-order valence-electron chi connectivity index (χ2n) is 3.01. The van der Waals surface area contributed by atoms with Gasteiger partial charge in [-0.15, -0.1) is 0 Å². The van der Waals surface area contributed by atoms with Gasteiger partial charge in [0.05, 0.1) is 0 Å². The van der Waals surface area contributed by atoms with Crippen molar-refractivity contribution in [1.29, 1.82) is 0 Å². The van der Waals surface area contributed by atoms with Crippen molar-refractivity contribution in [2.75, 3.05) is 0 Å². The van der Waals surface area contributed by atoms with Gasteiger partial charge in [-0.2, -0.15) is 0 Å². The molecule has 3 heteroatoms. The van der Waals surface area contributed by atoms with Gasteiger partial charge in [-0.25, -0.2) is 0 Å². The molecule has 0 aliphatic carbocycles. The third-order valence-electron chi connectivity index (χ3n) is 1.82. The van der Waals surface area contributed by atoms with Gasteiger partial charge >= 0.3 is 85.2 Å². The van der Waals surface area contributed by atoms with E-state index in [2.05, 4.69) is 42.0 Å². The molecule has 0 saturated heterocycles. The minimum absolute atomic E-state index is 0.162. The predicted molar refractivity (Wildman–Crippen MR) is 50.3 cm³/mol. The molecule has 13 heavy (non-hydrogen) atoms. The fourth-order valence-corrected chi connectivity index (χ4v) is 3.26. The summed E-state index contributed by atoms with van der Waals surface area (Å²) < 4.78 is 2.82. The Morgan fingerprint density at radius 3 is 2.69 bits per heavy atom. The Kier molecular flexibility index (Phi) is 2.37. The summed E-state index contributed by atoms with van der Waals surface area (Å²) in [6, 6.07) is 6.45. The van der Waals surface area contributed by atoms with Crippen LogP contribution in [0.2, 0.25) is 0 Å². The first-order valence-electron chi connectivity index (χ1n) is 4.17. The maximum atomic E-state index is 3.33. The molecule has 2 rings (SSSR count). The van der Waals surface area contributed by atoms with Crippen molar-refractivity contribution in [3.05, 3.63) is 35.8 Å². The summed E-state index contributed by atoms with van der Waals surface area (Å²) in [5, 5.41) is 0. The molecule has 0 atom stereocenters. The summed E-state index contributed by atoms with van der Waals surface area (Å²) in [4.78, 5) is 6.58. The van der Waals surface area contributed by atoms with Crippen molar-refractivity contribution in [3.63, 3.8) is 0 Å². The van der Waals surface area contributed by atoms with Crippen LogP contribution in [0.5, 0.6) is 0 Å². The predicted octanol–water partition coefficient (Wildman–Crippen LogP) is 0.993. The van der Waals surface area contributed by atoms with E-state index in [1.165, 1.54) is 19.8 Å². The number of nitrogens with one attached hydrogen (secondary N) is 2. The molecule has 70 valence electrons. The Balaban J connectivity index is 2.23. The average molecular weight is 261 g/mol. The summed E-state index contributed by atoms with van der Waals surface area (Å²) in [7, 11) is 0. The van der Waals surface area contributed by atoms with Crippen molar-refractivity contribution >= 4 is 8.45 Å². The zero-order valence-electron chi connectivity index (χ0n) is 7.66. The van der Waals surface area contributed by atoms with Gasteiger partial charge in [0.15, 0.2) is 0 Å². The molecule has 2 heterocycles. The van der Waals surface area contributed by atoms with Crippen molar-refractivity contribution < 1.29 is 17.1 Å². The topological polar surface area (TPSA) is 31.6 Å². The van der Waals surface area contributed by atoms with Gasteiger partial charge in [-0.1, -0.05) is 0 Å². The van der Waals surface area contributed by atoms with Gasteiger partial charge in [-0.05, 0) is 0 Å². The molecule has 0 saturated carbocycles. The third-order valence-corrected chi connectivity index (χ3v) is 4.20. The average Bonchev–Trinajstić information content (AvgIpc) is 2.63. The van der Waals surface area contributed by atoms with Crippen LogP contribution in [0, 0.1) is 13.8 Å². The van der Waals surface area contributed by atoms with E-state index in [0.29, 0.717) is 0 Å². The van der Waals surface area contributed by atoms with Crippen molar-refractivity contribution in [1.82, 2.24) is 9.97 Å². The van der Waals surface area contributed by atoms with Crippen LogP contribution in [0.25, 0.3) is 0 Å². The van der Waals surface area contributed by atoms with E-state index in [4.69, 9.17) is 0 Å². The molecule has 0 fully saturated rings. The zero-order chi connectivity index (χ0) is 9.26. The Morgan fingerprint density at radius 1 is 1.31 bits per heavy atom. The van der Waals surface area contributed by atoms with Gasteiger partial charge in [0.2, 0.25) is 0 Å². The number of aromatic amines is 2.